The summed E-state index contributed by atoms with van der Waals surface area (Å²) in [5, 5.41) is 9.51. The van der Waals surface area contributed by atoms with Crippen molar-refractivity contribution in [3.63, 3.8) is 0 Å². The van der Waals surface area contributed by atoms with Gasteiger partial charge < -0.3 is 5.11 Å². The molecule has 0 aromatic heterocycles. The first kappa shape index (κ1) is 15.4. The third-order valence-corrected chi connectivity index (χ3v) is 4.59. The first-order chi connectivity index (χ1) is 11.1. The van der Waals surface area contributed by atoms with Gasteiger partial charge in [0.05, 0.1) is 11.4 Å². The van der Waals surface area contributed by atoms with E-state index in [9.17, 15) is 14.7 Å². The number of hydrogen-bond donors (Lipinski definition) is 1. The zero-order valence-electron chi connectivity index (χ0n) is 12.5. The number of benzene rings is 2. The van der Waals surface area contributed by atoms with Gasteiger partial charge >= 0.3 is 0 Å². The molecule has 2 amide bonds. The van der Waals surface area contributed by atoms with Crippen molar-refractivity contribution in [1.29, 1.82) is 0 Å². The zero-order chi connectivity index (χ0) is 16.4. The Kier molecular flexibility index (Phi) is 4.21. The number of aryl methyl sites for hydroxylation is 1. The minimum atomic E-state index is -0.327. The van der Waals surface area contributed by atoms with Crippen LogP contribution >= 0.6 is 11.8 Å². The monoisotopic (exact) mass is 325 g/mol. The molecule has 1 aliphatic rings. The van der Waals surface area contributed by atoms with Gasteiger partial charge in [-0.25, -0.2) is 0 Å². The number of hydrogen-bond acceptors (Lipinski definition) is 4. The number of imide groups is 1. The molecule has 2 aromatic carbocycles. The van der Waals surface area contributed by atoms with Gasteiger partial charge in [-0.3, -0.25) is 14.5 Å². The van der Waals surface area contributed by atoms with E-state index in [1.54, 1.807) is 30.3 Å². The van der Waals surface area contributed by atoms with Gasteiger partial charge in [-0.05, 0) is 42.0 Å². The molecule has 1 fully saturated rings. The number of carbonyl (C=O) groups excluding carboxylic acids is 2. The summed E-state index contributed by atoms with van der Waals surface area (Å²) in [5.41, 5.74) is 2.50. The maximum absolute atomic E-state index is 12.5. The van der Waals surface area contributed by atoms with Crippen molar-refractivity contribution in [2.24, 2.45) is 0 Å². The Labute approximate surface area is 138 Å². The fraction of sp³-hybridized carbons (Fsp3) is 0.111. The van der Waals surface area contributed by atoms with Crippen molar-refractivity contribution in [3.8, 4) is 5.75 Å². The lowest BCUT2D eigenvalue weighted by molar-refractivity contribution is -0.123. The summed E-state index contributed by atoms with van der Waals surface area (Å²) in [5.74, 6) is -0.246. The van der Waals surface area contributed by atoms with Crippen LogP contribution in [-0.4, -0.2) is 21.2 Å². The number of phenols is 1. The molecule has 3 rings (SSSR count). The second kappa shape index (κ2) is 6.30. The van der Waals surface area contributed by atoms with Crippen LogP contribution in [0.2, 0.25) is 0 Å². The first-order valence-corrected chi connectivity index (χ1v) is 7.96. The van der Waals surface area contributed by atoms with Gasteiger partial charge in [-0.1, -0.05) is 42.5 Å². The molecule has 5 heteroatoms. The molecule has 4 nitrogen and oxygen atoms in total. The van der Waals surface area contributed by atoms with E-state index in [1.807, 2.05) is 31.2 Å². The standard InChI is InChI=1S/C18H15NO3S/c1-12-6-2-3-8-14(12)11-19-17(21)16(23-18(19)22)10-13-7-4-5-9-15(13)20/h2-10,20H,11H2,1H3/b16-10-. The van der Waals surface area contributed by atoms with Crippen molar-refractivity contribution >= 4 is 29.0 Å². The molecule has 0 bridgehead atoms. The molecule has 116 valence electrons. The summed E-state index contributed by atoms with van der Waals surface area (Å²) in [6, 6.07) is 14.4. The molecule has 0 saturated carbocycles. The molecule has 0 atom stereocenters. The Hall–Kier alpha value is -2.53. The first-order valence-electron chi connectivity index (χ1n) is 7.14. The van der Waals surface area contributed by atoms with E-state index in [0.29, 0.717) is 10.5 Å². The third-order valence-electron chi connectivity index (χ3n) is 3.69. The highest BCUT2D eigenvalue weighted by Crippen LogP contribution is 2.34. The van der Waals surface area contributed by atoms with Gasteiger partial charge in [0.2, 0.25) is 0 Å². The molecule has 1 saturated heterocycles. The fourth-order valence-corrected chi connectivity index (χ4v) is 3.17. The van der Waals surface area contributed by atoms with E-state index >= 15 is 0 Å². The quantitative estimate of drug-likeness (QED) is 0.869. The van der Waals surface area contributed by atoms with Gasteiger partial charge in [0.1, 0.15) is 5.75 Å². The molecule has 0 aliphatic carbocycles. The van der Waals surface area contributed by atoms with E-state index in [1.165, 1.54) is 4.90 Å². The van der Waals surface area contributed by atoms with E-state index in [-0.39, 0.29) is 23.4 Å². The number of phenolic OH excluding ortho intramolecular Hbond substituents is 1. The lowest BCUT2D eigenvalue weighted by Gasteiger charge is -2.14. The summed E-state index contributed by atoms with van der Waals surface area (Å²) in [7, 11) is 0. The van der Waals surface area contributed by atoms with Crippen LogP contribution in [0.3, 0.4) is 0 Å². The van der Waals surface area contributed by atoms with Gasteiger partial charge in [0.15, 0.2) is 0 Å². The molecule has 0 unspecified atom stereocenters. The number of amides is 2. The van der Waals surface area contributed by atoms with Gasteiger partial charge in [0, 0.05) is 5.56 Å². The maximum Gasteiger partial charge on any atom is 0.293 e. The Morgan fingerprint density at radius 2 is 1.78 bits per heavy atom. The molecule has 2 aromatic rings. The van der Waals surface area contributed by atoms with E-state index < -0.39 is 0 Å². The van der Waals surface area contributed by atoms with Crippen LogP contribution in [0.5, 0.6) is 5.75 Å². The predicted octanol–water partition coefficient (Wildman–Crippen LogP) is 3.94. The molecule has 0 spiro atoms. The Bertz CT molecular complexity index is 813. The smallest absolute Gasteiger partial charge is 0.293 e. The Balaban J connectivity index is 1.86. The topological polar surface area (TPSA) is 57.6 Å². The average molecular weight is 325 g/mol. The second-order valence-electron chi connectivity index (χ2n) is 5.25. The summed E-state index contributed by atoms with van der Waals surface area (Å²) in [6.07, 6.45) is 1.55. The summed E-state index contributed by atoms with van der Waals surface area (Å²) in [4.78, 5) is 26.2. The fourth-order valence-electron chi connectivity index (χ4n) is 2.34. The van der Waals surface area contributed by atoms with Crippen molar-refractivity contribution in [3.05, 3.63) is 70.1 Å². The molecule has 0 radical (unpaired) electrons. The van der Waals surface area contributed by atoms with Crippen molar-refractivity contribution in [1.82, 2.24) is 4.90 Å². The van der Waals surface area contributed by atoms with Crippen molar-refractivity contribution in [2.75, 3.05) is 0 Å². The number of rotatable bonds is 3. The molecule has 23 heavy (non-hydrogen) atoms. The van der Waals surface area contributed by atoms with Crippen molar-refractivity contribution < 1.29 is 14.7 Å². The number of nitrogens with zero attached hydrogens (tertiary/aromatic N) is 1. The van der Waals surface area contributed by atoms with E-state index in [0.717, 1.165) is 22.9 Å². The minimum Gasteiger partial charge on any atom is -0.507 e. The summed E-state index contributed by atoms with van der Waals surface area (Å²) < 4.78 is 0. The number of aromatic hydroxyl groups is 1. The van der Waals surface area contributed by atoms with E-state index in [2.05, 4.69) is 0 Å². The molecular weight excluding hydrogens is 310 g/mol. The minimum absolute atomic E-state index is 0.0817. The molecule has 1 N–H and O–H groups in total. The van der Waals surface area contributed by atoms with Crippen LogP contribution in [0.1, 0.15) is 16.7 Å². The number of para-hydroxylation sites is 1. The lowest BCUT2D eigenvalue weighted by Crippen LogP contribution is -2.27. The van der Waals surface area contributed by atoms with Crippen LogP contribution in [0.4, 0.5) is 4.79 Å². The average Bonchev–Trinajstić information content (AvgIpc) is 2.79. The van der Waals surface area contributed by atoms with Crippen LogP contribution in [-0.2, 0) is 11.3 Å². The van der Waals surface area contributed by atoms with Crippen LogP contribution < -0.4 is 0 Å². The van der Waals surface area contributed by atoms with E-state index in [4.69, 9.17) is 0 Å². The highest BCUT2D eigenvalue weighted by atomic mass is 32.2. The van der Waals surface area contributed by atoms with Gasteiger partial charge in [-0.2, -0.15) is 0 Å². The van der Waals surface area contributed by atoms with Crippen LogP contribution in [0.25, 0.3) is 6.08 Å². The third kappa shape index (κ3) is 3.14. The summed E-state index contributed by atoms with van der Waals surface area (Å²) in [6.45, 7) is 2.21. The highest BCUT2D eigenvalue weighted by molar-refractivity contribution is 8.18. The van der Waals surface area contributed by atoms with Gasteiger partial charge in [-0.15, -0.1) is 0 Å². The second-order valence-corrected chi connectivity index (χ2v) is 6.25. The largest absolute Gasteiger partial charge is 0.507 e. The zero-order valence-corrected chi connectivity index (χ0v) is 13.3. The number of carbonyl (C=O) groups is 2. The van der Waals surface area contributed by atoms with Crippen LogP contribution in [0.15, 0.2) is 53.4 Å². The van der Waals surface area contributed by atoms with Gasteiger partial charge in [0.25, 0.3) is 11.1 Å². The Morgan fingerprint density at radius 1 is 1.09 bits per heavy atom. The summed E-state index contributed by atoms with van der Waals surface area (Å²) >= 11 is 0.898. The SMILES string of the molecule is Cc1ccccc1CN1C(=O)S/C(=C\c2ccccc2O)C1=O. The normalized spacial score (nSPS) is 16.4. The highest BCUT2D eigenvalue weighted by Gasteiger charge is 2.35. The lowest BCUT2D eigenvalue weighted by atomic mass is 10.1. The maximum atomic E-state index is 12.5. The molecule has 1 heterocycles. The van der Waals surface area contributed by atoms with Crippen molar-refractivity contribution in [2.45, 2.75) is 13.5 Å². The predicted molar refractivity (Wildman–Crippen MR) is 90.8 cm³/mol. The Morgan fingerprint density at radius 3 is 2.52 bits per heavy atom. The molecular formula is C18H15NO3S. The molecule has 1 aliphatic heterocycles. The number of thioether (sulfide) groups is 1. The van der Waals surface area contributed by atoms with Crippen LogP contribution in [0, 0.1) is 6.92 Å².